The molecule has 0 amide bonds. The number of hydrogen-bond acceptors (Lipinski definition) is 0. The second-order valence-electron chi connectivity index (χ2n) is 20.1. The SMILES string of the molecule is CCCCCCCCCCCCCCCC[P+](CCCC)(CCCC)CCCC.CCCCCCCCCCCCCCCC[P+](CCCC)(CCCC)CCCC.[Br][Ni-2]([Br])([Br])[Br]. The molecule has 0 aromatic heterocycles. The first-order valence-electron chi connectivity index (χ1n) is 28.7. The molecule has 0 saturated heterocycles. The van der Waals surface area contributed by atoms with E-state index < -0.39 is 19.8 Å². The van der Waals surface area contributed by atoms with Gasteiger partial charge in [-0.05, 0) is 64.2 Å². The molecule has 0 spiro atoms. The van der Waals surface area contributed by atoms with Crippen LogP contribution in [0.4, 0.5) is 0 Å². The van der Waals surface area contributed by atoms with Crippen LogP contribution in [-0.2, 0) is 5.30 Å². The average molecular weight is 1230 g/mol. The summed E-state index contributed by atoms with van der Waals surface area (Å²) in [5.74, 6) is 0. The molecule has 0 atom stereocenters. The van der Waals surface area contributed by atoms with E-state index in [0.717, 1.165) is 0 Å². The monoisotopic (exact) mass is 1230 g/mol. The summed E-state index contributed by atoms with van der Waals surface area (Å²) in [5, 5.41) is -1.00. The Morgan fingerprint density at radius 1 is 0.190 bits per heavy atom. The van der Waals surface area contributed by atoms with Crippen LogP contribution in [0.2, 0.25) is 0 Å². The molecule has 63 heavy (non-hydrogen) atoms. The molecule has 0 radical (unpaired) electrons. The minimum absolute atomic E-state index is 0.630. The van der Waals surface area contributed by atoms with Gasteiger partial charge in [-0.2, -0.15) is 0 Å². The quantitative estimate of drug-likeness (QED) is 0.0324. The van der Waals surface area contributed by atoms with Crippen molar-refractivity contribution in [2.45, 2.75) is 312 Å². The molecule has 0 N–H and O–H groups in total. The van der Waals surface area contributed by atoms with Crippen molar-refractivity contribution in [2.24, 2.45) is 0 Å². The third-order valence-electron chi connectivity index (χ3n) is 13.9. The molecule has 0 aliphatic carbocycles. The van der Waals surface area contributed by atoms with Crippen molar-refractivity contribution in [2.75, 3.05) is 49.3 Å². The van der Waals surface area contributed by atoms with Crippen molar-refractivity contribution in [1.82, 2.24) is 0 Å². The Morgan fingerprint density at radius 2 is 0.302 bits per heavy atom. The summed E-state index contributed by atoms with van der Waals surface area (Å²) in [6.07, 6.45) is 71.9. The average Bonchev–Trinajstić information content (AvgIpc) is 3.26. The summed E-state index contributed by atoms with van der Waals surface area (Å²) >= 11 is 12.9. The van der Waals surface area contributed by atoms with E-state index in [1.165, 1.54) is 244 Å². The molecule has 0 unspecified atom stereocenters. The molecule has 0 bridgehead atoms. The van der Waals surface area contributed by atoms with Crippen LogP contribution in [0.25, 0.3) is 0 Å². The van der Waals surface area contributed by atoms with Crippen LogP contribution in [0.5, 0.6) is 0 Å². The first-order valence-corrected chi connectivity index (χ1v) is 43.5. The summed E-state index contributed by atoms with van der Waals surface area (Å²) in [7, 11) is -1.26. The molecule has 7 heteroatoms. The maximum atomic E-state index is 3.22. The molecular formula is C56H120Br4NiP2. The topological polar surface area (TPSA) is 0 Å². The zero-order valence-corrected chi connectivity index (χ0v) is 53.8. The molecule has 0 nitrogen and oxygen atoms in total. The van der Waals surface area contributed by atoms with Crippen LogP contribution in [0.1, 0.15) is 312 Å². The first-order chi connectivity index (χ1) is 30.5. The zero-order chi connectivity index (χ0) is 47.4. The van der Waals surface area contributed by atoms with Crippen molar-refractivity contribution in [3.05, 3.63) is 0 Å². The van der Waals surface area contributed by atoms with Crippen molar-refractivity contribution in [3.63, 3.8) is 0 Å². The number of rotatable bonds is 48. The number of unbranched alkanes of at least 4 members (excludes halogenated alkanes) is 32. The van der Waals surface area contributed by atoms with E-state index >= 15 is 0 Å². The Bertz CT molecular complexity index is 716. The molecule has 0 aromatic carbocycles. The van der Waals surface area contributed by atoms with Gasteiger partial charge in [0, 0.05) is 14.5 Å². The van der Waals surface area contributed by atoms with Gasteiger partial charge in [-0.15, -0.1) is 0 Å². The fourth-order valence-corrected chi connectivity index (χ4v) is 20.0. The van der Waals surface area contributed by atoms with Gasteiger partial charge < -0.3 is 0 Å². The van der Waals surface area contributed by atoms with E-state index in [9.17, 15) is 0 Å². The second kappa shape index (κ2) is 56.2. The fourth-order valence-electron chi connectivity index (χ4n) is 9.59. The molecule has 0 aromatic rings. The van der Waals surface area contributed by atoms with Gasteiger partial charge in [-0.25, -0.2) is 0 Å². The van der Waals surface area contributed by atoms with Gasteiger partial charge in [0.2, 0.25) is 0 Å². The molecule has 0 aliphatic rings. The predicted octanol–water partition coefficient (Wildman–Crippen LogP) is 25.2. The van der Waals surface area contributed by atoms with Crippen LogP contribution in [0, 0.1) is 0 Å². The summed E-state index contributed by atoms with van der Waals surface area (Å²) in [6.45, 7) is 19.0. The van der Waals surface area contributed by atoms with E-state index in [-0.39, 0.29) is 0 Å². The summed E-state index contributed by atoms with van der Waals surface area (Å²) in [4.78, 5) is 0. The standard InChI is InChI=1S/2C28H60P.4BrH.Ni/c2*1-5-9-13-14-15-16-17-18-19-20-21-22-23-24-28-29(25-10-6-2,26-11-7-3)27-12-8-4;;;;;/h2*5-28H2,1-4H3;4*1H;/q2*+1;;;;;+2/p-4. The molecule has 0 aliphatic heterocycles. The van der Waals surface area contributed by atoms with Gasteiger partial charge in [0.25, 0.3) is 0 Å². The summed E-state index contributed by atoms with van der Waals surface area (Å²) in [6, 6.07) is 0. The van der Waals surface area contributed by atoms with E-state index in [0.29, 0.717) is 0 Å². The molecule has 392 valence electrons. The molecule has 0 saturated carbocycles. The third kappa shape index (κ3) is 57.7. The van der Waals surface area contributed by atoms with Crippen LogP contribution in [0.3, 0.4) is 0 Å². The first kappa shape index (κ1) is 70.5. The minimum atomic E-state index is -1.00. The van der Waals surface area contributed by atoms with Crippen molar-refractivity contribution in [3.8, 4) is 0 Å². The van der Waals surface area contributed by atoms with Crippen LogP contribution in [0.15, 0.2) is 0 Å². The van der Waals surface area contributed by atoms with E-state index in [2.05, 4.69) is 112 Å². The Morgan fingerprint density at radius 3 is 0.444 bits per heavy atom. The Labute approximate surface area is 434 Å². The van der Waals surface area contributed by atoms with Gasteiger partial charge in [0.1, 0.15) is 0 Å². The van der Waals surface area contributed by atoms with Gasteiger partial charge in [-0.3, -0.25) is 0 Å². The third-order valence-corrected chi connectivity index (χ3v) is 24.0. The van der Waals surface area contributed by atoms with Gasteiger partial charge in [-0.1, -0.05) is 248 Å². The summed E-state index contributed by atoms with van der Waals surface area (Å²) in [5.41, 5.74) is 0. The fraction of sp³-hybridized carbons (Fsp3) is 1.00. The van der Waals surface area contributed by atoms with Crippen LogP contribution >= 0.6 is 71.4 Å². The second-order valence-corrected chi connectivity index (χ2v) is 58.9. The van der Waals surface area contributed by atoms with E-state index in [4.69, 9.17) is 0 Å². The predicted molar refractivity (Wildman–Crippen MR) is 319 cm³/mol. The van der Waals surface area contributed by atoms with Crippen molar-refractivity contribution in [1.29, 1.82) is 0 Å². The van der Waals surface area contributed by atoms with Gasteiger partial charge in [0.15, 0.2) is 0 Å². The molecule has 0 rings (SSSR count). The molecule has 0 fully saturated rings. The van der Waals surface area contributed by atoms with Crippen LogP contribution < -0.4 is 0 Å². The van der Waals surface area contributed by atoms with Crippen molar-refractivity contribution < 1.29 is 5.30 Å². The van der Waals surface area contributed by atoms with Crippen molar-refractivity contribution >= 4 is 71.4 Å². The zero-order valence-electron chi connectivity index (χ0n) is 44.7. The summed E-state index contributed by atoms with van der Waals surface area (Å²) < 4.78 is 0. The number of hydrogen-bond donors (Lipinski definition) is 0. The molecule has 0 heterocycles. The Kier molecular flexibility index (Phi) is 62.9. The number of halogens is 4. The van der Waals surface area contributed by atoms with Crippen LogP contribution in [-0.4, -0.2) is 49.3 Å². The molecular weight excluding hydrogens is 1110 g/mol. The normalized spacial score (nSPS) is 12.3. The van der Waals surface area contributed by atoms with Gasteiger partial charge >= 0.3 is 62.2 Å². The Hall–Kier alpha value is 3.27. The Balaban J connectivity index is -0.00000103. The van der Waals surface area contributed by atoms with E-state index in [1.807, 2.05) is 0 Å². The van der Waals surface area contributed by atoms with E-state index in [1.54, 1.807) is 62.1 Å². The van der Waals surface area contributed by atoms with Gasteiger partial charge in [0.05, 0.1) is 49.3 Å². The maximum absolute atomic E-state index is 3.22.